The summed E-state index contributed by atoms with van der Waals surface area (Å²) in [4.78, 5) is 35.1. The maximum Gasteiger partial charge on any atom is 0.312 e. The molecule has 0 saturated carbocycles. The zero-order chi connectivity index (χ0) is 18.7. The first kappa shape index (κ1) is 18.7. The van der Waals surface area contributed by atoms with Gasteiger partial charge in [0.15, 0.2) is 5.78 Å². The molecule has 0 aliphatic carbocycles. The Bertz CT molecular complexity index is 860. The number of ketones is 1. The number of nitrogens with zero attached hydrogens (tertiary/aromatic N) is 3. The molecule has 2 rings (SSSR count). The van der Waals surface area contributed by atoms with Gasteiger partial charge in [0.2, 0.25) is 5.91 Å². The molecule has 9 heteroatoms. The van der Waals surface area contributed by atoms with Gasteiger partial charge in [-0.15, -0.1) is 11.8 Å². The van der Waals surface area contributed by atoms with Crippen LogP contribution in [0.5, 0.6) is 0 Å². The van der Waals surface area contributed by atoms with E-state index in [9.17, 15) is 19.7 Å². The fraction of sp³-hybridized carbons (Fsp3) is 0.312. The minimum absolute atomic E-state index is 0.0707. The number of thioether (sulfide) groups is 1. The second-order valence-corrected chi connectivity index (χ2v) is 6.30. The first-order chi connectivity index (χ1) is 11.7. The molecular formula is C16H18N4O4S. The summed E-state index contributed by atoms with van der Waals surface area (Å²) in [7, 11) is 0. The molecule has 1 amide bonds. The van der Waals surface area contributed by atoms with Crippen molar-refractivity contribution in [3.05, 3.63) is 45.3 Å². The van der Waals surface area contributed by atoms with Crippen molar-refractivity contribution in [2.24, 2.45) is 0 Å². The second kappa shape index (κ2) is 7.47. The van der Waals surface area contributed by atoms with Gasteiger partial charge in [-0.1, -0.05) is 0 Å². The van der Waals surface area contributed by atoms with Crippen molar-refractivity contribution in [2.75, 3.05) is 11.6 Å². The van der Waals surface area contributed by atoms with Crippen LogP contribution in [0.4, 0.5) is 11.4 Å². The fourth-order valence-corrected chi connectivity index (χ4v) is 3.07. The molecule has 0 saturated heterocycles. The van der Waals surface area contributed by atoms with Crippen molar-refractivity contribution in [3.8, 4) is 0 Å². The summed E-state index contributed by atoms with van der Waals surface area (Å²) >= 11 is 1.41. The molecule has 1 aromatic carbocycles. The van der Waals surface area contributed by atoms with Crippen molar-refractivity contribution < 1.29 is 14.5 Å². The quantitative estimate of drug-likeness (QED) is 0.366. The number of aryl methyl sites for hydroxylation is 1. The van der Waals surface area contributed by atoms with Gasteiger partial charge in [0, 0.05) is 17.4 Å². The number of benzene rings is 1. The van der Waals surface area contributed by atoms with Gasteiger partial charge in [-0.2, -0.15) is 5.10 Å². The highest BCUT2D eigenvalue weighted by Crippen LogP contribution is 2.27. The molecular weight excluding hydrogens is 344 g/mol. The highest BCUT2D eigenvalue weighted by Gasteiger charge is 2.23. The number of Topliss-reactive ketones (excluding diaryl/α,β-unsaturated/α-hetero) is 1. The normalized spacial score (nSPS) is 10.6. The molecule has 0 atom stereocenters. The Hall–Kier alpha value is -2.68. The molecule has 132 valence electrons. The van der Waals surface area contributed by atoms with E-state index in [1.807, 2.05) is 6.26 Å². The van der Waals surface area contributed by atoms with Crippen LogP contribution >= 0.6 is 11.8 Å². The van der Waals surface area contributed by atoms with E-state index in [2.05, 4.69) is 10.4 Å². The molecule has 0 spiro atoms. The van der Waals surface area contributed by atoms with E-state index in [0.29, 0.717) is 16.9 Å². The number of anilines is 1. The van der Waals surface area contributed by atoms with Gasteiger partial charge in [-0.3, -0.25) is 24.4 Å². The van der Waals surface area contributed by atoms with Crippen LogP contribution in [0.25, 0.3) is 0 Å². The van der Waals surface area contributed by atoms with E-state index in [0.717, 1.165) is 4.90 Å². The maximum absolute atomic E-state index is 12.5. The van der Waals surface area contributed by atoms with Gasteiger partial charge in [-0.25, -0.2) is 0 Å². The molecule has 0 aliphatic rings. The zero-order valence-electron chi connectivity index (χ0n) is 14.3. The first-order valence-corrected chi connectivity index (χ1v) is 8.64. The van der Waals surface area contributed by atoms with Crippen molar-refractivity contribution in [2.45, 2.75) is 32.2 Å². The standard InChI is InChI=1S/C16H18N4O4S/c1-9-16(20(23)24)10(2)19(18-9)8-14(22)12-5-6-13(17-11(3)21)15(7-12)25-4/h5-7H,8H2,1-4H3,(H,17,21). The van der Waals surface area contributed by atoms with E-state index >= 15 is 0 Å². The van der Waals surface area contributed by atoms with Gasteiger partial charge in [0.05, 0.1) is 10.6 Å². The molecule has 8 nitrogen and oxygen atoms in total. The van der Waals surface area contributed by atoms with Gasteiger partial charge < -0.3 is 5.32 Å². The second-order valence-electron chi connectivity index (χ2n) is 5.45. The molecule has 25 heavy (non-hydrogen) atoms. The highest BCUT2D eigenvalue weighted by molar-refractivity contribution is 7.98. The number of hydrogen-bond acceptors (Lipinski definition) is 6. The molecule has 1 heterocycles. The molecule has 1 aromatic heterocycles. The Balaban J connectivity index is 2.28. The molecule has 1 N–H and O–H groups in total. The SMILES string of the molecule is CSc1cc(C(=O)Cn2nc(C)c([N+](=O)[O-])c2C)ccc1NC(C)=O. The number of rotatable bonds is 6. The minimum atomic E-state index is -0.493. The molecule has 0 aliphatic heterocycles. The molecule has 0 fully saturated rings. The minimum Gasteiger partial charge on any atom is -0.325 e. The third-order valence-corrected chi connectivity index (χ3v) is 4.43. The number of aromatic nitrogens is 2. The van der Waals surface area contributed by atoms with Gasteiger partial charge in [0.25, 0.3) is 0 Å². The molecule has 0 bridgehead atoms. The number of nitrogens with one attached hydrogen (secondary N) is 1. The fourth-order valence-electron chi connectivity index (χ4n) is 2.49. The lowest BCUT2D eigenvalue weighted by atomic mass is 10.1. The van der Waals surface area contributed by atoms with Crippen LogP contribution < -0.4 is 5.32 Å². The number of nitro groups is 1. The van der Waals surface area contributed by atoms with Crippen LogP contribution in [0.15, 0.2) is 23.1 Å². The summed E-state index contributed by atoms with van der Waals surface area (Å²) in [6.07, 6.45) is 1.85. The number of carbonyl (C=O) groups is 2. The zero-order valence-corrected chi connectivity index (χ0v) is 15.1. The Morgan fingerprint density at radius 3 is 2.56 bits per heavy atom. The predicted octanol–water partition coefficient (Wildman–Crippen LogP) is 2.97. The van der Waals surface area contributed by atoms with E-state index < -0.39 is 4.92 Å². The third-order valence-electron chi connectivity index (χ3n) is 3.65. The number of hydrogen-bond donors (Lipinski definition) is 1. The maximum atomic E-state index is 12.5. The Morgan fingerprint density at radius 2 is 2.04 bits per heavy atom. The average molecular weight is 362 g/mol. The van der Waals surface area contributed by atoms with Crippen LogP contribution in [-0.4, -0.2) is 32.6 Å². The van der Waals surface area contributed by atoms with Crippen molar-refractivity contribution >= 4 is 34.8 Å². The monoisotopic (exact) mass is 362 g/mol. The van der Waals surface area contributed by atoms with Crippen LogP contribution in [0.3, 0.4) is 0 Å². The smallest absolute Gasteiger partial charge is 0.312 e. The highest BCUT2D eigenvalue weighted by atomic mass is 32.2. The van der Waals surface area contributed by atoms with Crippen LogP contribution in [0, 0.1) is 24.0 Å². The Kier molecular flexibility index (Phi) is 5.58. The average Bonchev–Trinajstić information content (AvgIpc) is 2.81. The van der Waals surface area contributed by atoms with E-state index in [1.165, 1.54) is 23.4 Å². The van der Waals surface area contributed by atoms with Gasteiger partial charge in [0.1, 0.15) is 17.9 Å². The summed E-state index contributed by atoms with van der Waals surface area (Å²) in [6.45, 7) is 4.44. The lowest BCUT2D eigenvalue weighted by Gasteiger charge is -2.10. The number of carbonyl (C=O) groups excluding carboxylic acids is 2. The largest absolute Gasteiger partial charge is 0.325 e. The Morgan fingerprint density at radius 1 is 1.36 bits per heavy atom. The number of amides is 1. The van der Waals surface area contributed by atoms with Crippen LogP contribution in [-0.2, 0) is 11.3 Å². The topological polar surface area (TPSA) is 107 Å². The van der Waals surface area contributed by atoms with Gasteiger partial charge >= 0.3 is 5.69 Å². The third kappa shape index (κ3) is 4.05. The summed E-state index contributed by atoms with van der Waals surface area (Å²) < 4.78 is 1.34. The van der Waals surface area contributed by atoms with Crippen LogP contribution in [0.1, 0.15) is 28.7 Å². The van der Waals surface area contributed by atoms with Crippen molar-refractivity contribution in [1.29, 1.82) is 0 Å². The summed E-state index contributed by atoms with van der Waals surface area (Å²) in [5.41, 5.74) is 1.64. The van der Waals surface area contributed by atoms with E-state index in [4.69, 9.17) is 0 Å². The predicted molar refractivity (Wildman–Crippen MR) is 95.2 cm³/mol. The lowest BCUT2D eigenvalue weighted by Crippen LogP contribution is -2.14. The first-order valence-electron chi connectivity index (χ1n) is 7.41. The summed E-state index contributed by atoms with van der Waals surface area (Å²) in [5.74, 6) is -0.408. The van der Waals surface area contributed by atoms with E-state index in [1.54, 1.807) is 32.0 Å². The summed E-state index contributed by atoms with van der Waals surface area (Å²) in [6, 6.07) is 4.98. The molecule has 0 radical (unpaired) electrons. The van der Waals surface area contributed by atoms with Crippen molar-refractivity contribution in [3.63, 3.8) is 0 Å². The van der Waals surface area contributed by atoms with Crippen LogP contribution in [0.2, 0.25) is 0 Å². The van der Waals surface area contributed by atoms with Crippen molar-refractivity contribution in [1.82, 2.24) is 9.78 Å². The molecule has 0 unspecified atom stereocenters. The molecule has 2 aromatic rings. The van der Waals surface area contributed by atoms with Gasteiger partial charge in [-0.05, 0) is 38.3 Å². The van der Waals surface area contributed by atoms with E-state index in [-0.39, 0.29) is 29.6 Å². The Labute approximate surface area is 148 Å². The summed E-state index contributed by atoms with van der Waals surface area (Å²) in [5, 5.41) is 17.8. The lowest BCUT2D eigenvalue weighted by molar-refractivity contribution is -0.386.